The van der Waals surface area contributed by atoms with E-state index in [1.807, 2.05) is 35.7 Å². The van der Waals surface area contributed by atoms with Crippen molar-refractivity contribution in [3.8, 4) is 16.5 Å². The number of nitrogens with one attached hydrogen (secondary N) is 1. The van der Waals surface area contributed by atoms with E-state index in [0.29, 0.717) is 12.6 Å². The molecule has 1 saturated heterocycles. The third-order valence-corrected chi connectivity index (χ3v) is 5.55. The molecule has 3 heterocycles. The highest BCUT2D eigenvalue weighted by atomic mass is 32.1. The van der Waals surface area contributed by atoms with E-state index in [-0.39, 0.29) is 12.6 Å². The lowest BCUT2D eigenvalue weighted by Gasteiger charge is -2.22. The Balaban J connectivity index is 1.36. The Labute approximate surface area is 168 Å². The van der Waals surface area contributed by atoms with Crippen molar-refractivity contribution in [1.82, 2.24) is 19.9 Å². The third-order valence-electron chi connectivity index (χ3n) is 4.75. The van der Waals surface area contributed by atoms with Crippen LogP contribution in [-0.2, 0) is 0 Å². The highest BCUT2D eigenvalue weighted by Crippen LogP contribution is 2.23. The van der Waals surface area contributed by atoms with E-state index in [9.17, 15) is 5.11 Å². The summed E-state index contributed by atoms with van der Waals surface area (Å²) < 4.78 is 5.91. The number of aliphatic hydroxyl groups excluding tert-OH is 1. The summed E-state index contributed by atoms with van der Waals surface area (Å²) in [7, 11) is 0. The zero-order valence-corrected chi connectivity index (χ0v) is 16.3. The molecule has 7 nitrogen and oxygen atoms in total. The average Bonchev–Trinajstić information content (AvgIpc) is 3.40. The fraction of sp³-hybridized carbons (Fsp3) is 0.350. The van der Waals surface area contributed by atoms with Crippen LogP contribution in [0.4, 0.5) is 11.6 Å². The van der Waals surface area contributed by atoms with E-state index < -0.39 is 0 Å². The van der Waals surface area contributed by atoms with Gasteiger partial charge in [-0.2, -0.15) is 0 Å². The predicted octanol–water partition coefficient (Wildman–Crippen LogP) is 3.18. The molecule has 2 N–H and O–H groups in total. The summed E-state index contributed by atoms with van der Waals surface area (Å²) >= 11 is 1.55. The number of thiazole rings is 1. The van der Waals surface area contributed by atoms with E-state index in [0.717, 1.165) is 48.1 Å². The summed E-state index contributed by atoms with van der Waals surface area (Å²) in [6.07, 6.45) is 5.70. The standard InChI is InChI=1S/C20H23N5O2S/c26-14-16-4-2-9-25(16)10-11-27-17-5-1-3-15(13-17)23-20-22-7-6-18(24-20)19-21-8-12-28-19/h1,3,5-8,12-13,16,26H,2,4,9-11,14H2,(H,22,23,24)/t16-/m0/s1. The van der Waals surface area contributed by atoms with Crippen LogP contribution in [0.5, 0.6) is 5.75 Å². The van der Waals surface area contributed by atoms with E-state index >= 15 is 0 Å². The van der Waals surface area contributed by atoms with Gasteiger partial charge in [-0.15, -0.1) is 11.3 Å². The molecule has 146 valence electrons. The first-order valence-electron chi connectivity index (χ1n) is 9.39. The Hall–Kier alpha value is -2.55. The molecular formula is C20H23N5O2S. The Morgan fingerprint density at radius 3 is 3.07 bits per heavy atom. The summed E-state index contributed by atoms with van der Waals surface area (Å²) in [5, 5.41) is 15.4. The van der Waals surface area contributed by atoms with Crippen molar-refractivity contribution in [2.45, 2.75) is 18.9 Å². The van der Waals surface area contributed by atoms with Crippen molar-refractivity contribution in [2.24, 2.45) is 0 Å². The number of aromatic nitrogens is 3. The first kappa shape index (κ1) is 18.8. The molecule has 1 aliphatic heterocycles. The minimum absolute atomic E-state index is 0.222. The van der Waals surface area contributed by atoms with Gasteiger partial charge in [0.15, 0.2) is 0 Å². The van der Waals surface area contributed by atoms with Crippen LogP contribution in [0.3, 0.4) is 0 Å². The molecule has 1 atom stereocenters. The number of rotatable bonds is 8. The van der Waals surface area contributed by atoms with Crippen LogP contribution < -0.4 is 10.1 Å². The summed E-state index contributed by atoms with van der Waals surface area (Å²) in [4.78, 5) is 15.4. The van der Waals surface area contributed by atoms with E-state index in [1.165, 1.54) is 0 Å². The molecule has 8 heteroatoms. The summed E-state index contributed by atoms with van der Waals surface area (Å²) in [6.45, 7) is 2.67. The lowest BCUT2D eigenvalue weighted by molar-refractivity contribution is 0.139. The second-order valence-corrected chi connectivity index (χ2v) is 7.51. The molecule has 1 fully saturated rings. The highest BCUT2D eigenvalue weighted by Gasteiger charge is 2.23. The average molecular weight is 398 g/mol. The molecule has 0 saturated carbocycles. The van der Waals surface area contributed by atoms with Crippen molar-refractivity contribution in [2.75, 3.05) is 31.6 Å². The predicted molar refractivity (Wildman–Crippen MR) is 110 cm³/mol. The maximum Gasteiger partial charge on any atom is 0.227 e. The number of nitrogens with zero attached hydrogens (tertiary/aromatic N) is 4. The number of likely N-dealkylation sites (tertiary alicyclic amines) is 1. The number of benzene rings is 1. The molecule has 0 bridgehead atoms. The molecule has 1 aromatic carbocycles. The van der Waals surface area contributed by atoms with Crippen LogP contribution in [0, 0.1) is 0 Å². The van der Waals surface area contributed by atoms with Gasteiger partial charge in [-0.25, -0.2) is 15.0 Å². The zero-order chi connectivity index (χ0) is 19.2. The summed E-state index contributed by atoms with van der Waals surface area (Å²) in [5.74, 6) is 1.31. The summed E-state index contributed by atoms with van der Waals surface area (Å²) in [5.41, 5.74) is 1.66. The first-order valence-corrected chi connectivity index (χ1v) is 10.3. The van der Waals surface area contributed by atoms with Crippen LogP contribution in [0.2, 0.25) is 0 Å². The second kappa shape index (κ2) is 9.09. The minimum Gasteiger partial charge on any atom is -0.492 e. The SMILES string of the molecule is OC[C@@H]1CCCN1CCOc1cccc(Nc2nccc(-c3nccs3)n2)c1. The minimum atomic E-state index is 0.222. The van der Waals surface area contributed by atoms with Crippen LogP contribution >= 0.6 is 11.3 Å². The smallest absolute Gasteiger partial charge is 0.227 e. The lowest BCUT2D eigenvalue weighted by Crippen LogP contribution is -2.35. The van der Waals surface area contributed by atoms with Gasteiger partial charge in [-0.3, -0.25) is 4.90 Å². The van der Waals surface area contributed by atoms with E-state index in [4.69, 9.17) is 4.74 Å². The molecule has 4 rings (SSSR count). The number of hydrogen-bond acceptors (Lipinski definition) is 8. The Morgan fingerprint density at radius 1 is 1.25 bits per heavy atom. The Kier molecular flexibility index (Phi) is 6.11. The molecule has 0 spiro atoms. The highest BCUT2D eigenvalue weighted by molar-refractivity contribution is 7.13. The second-order valence-electron chi connectivity index (χ2n) is 6.62. The quantitative estimate of drug-likeness (QED) is 0.604. The van der Waals surface area contributed by atoms with Crippen LogP contribution in [0.1, 0.15) is 12.8 Å². The first-order chi connectivity index (χ1) is 13.8. The van der Waals surface area contributed by atoms with Gasteiger partial charge in [0.2, 0.25) is 5.95 Å². The van der Waals surface area contributed by atoms with Gasteiger partial charge in [-0.05, 0) is 37.6 Å². The molecule has 0 aliphatic carbocycles. The monoisotopic (exact) mass is 397 g/mol. The molecule has 2 aromatic heterocycles. The van der Waals surface area contributed by atoms with E-state index in [2.05, 4.69) is 25.2 Å². The van der Waals surface area contributed by atoms with Gasteiger partial charge in [0.1, 0.15) is 23.1 Å². The molecule has 3 aromatic rings. The number of anilines is 2. The molecule has 28 heavy (non-hydrogen) atoms. The summed E-state index contributed by atoms with van der Waals surface area (Å²) in [6, 6.07) is 9.89. The van der Waals surface area contributed by atoms with Crippen LogP contribution in [0.15, 0.2) is 48.1 Å². The zero-order valence-electron chi connectivity index (χ0n) is 15.5. The Bertz CT molecular complexity index is 890. The number of aliphatic hydroxyl groups is 1. The topological polar surface area (TPSA) is 83.4 Å². The molecular weight excluding hydrogens is 374 g/mol. The van der Waals surface area contributed by atoms with Gasteiger partial charge in [0, 0.05) is 42.1 Å². The maximum absolute atomic E-state index is 9.40. The van der Waals surface area contributed by atoms with Gasteiger partial charge < -0.3 is 15.2 Å². The maximum atomic E-state index is 9.40. The van der Waals surface area contributed by atoms with Gasteiger partial charge >= 0.3 is 0 Å². The third kappa shape index (κ3) is 4.64. The van der Waals surface area contributed by atoms with Crippen LogP contribution in [-0.4, -0.2) is 57.3 Å². The Morgan fingerprint density at radius 2 is 2.21 bits per heavy atom. The van der Waals surface area contributed by atoms with Crippen molar-refractivity contribution >= 4 is 23.0 Å². The number of hydrogen-bond donors (Lipinski definition) is 2. The van der Waals surface area contributed by atoms with Gasteiger partial charge in [0.25, 0.3) is 0 Å². The van der Waals surface area contributed by atoms with Crippen LogP contribution in [0.25, 0.3) is 10.7 Å². The fourth-order valence-electron chi connectivity index (χ4n) is 3.36. The van der Waals surface area contributed by atoms with Crippen molar-refractivity contribution < 1.29 is 9.84 Å². The molecule has 0 unspecified atom stereocenters. The molecule has 0 radical (unpaired) electrons. The van der Waals surface area contributed by atoms with Gasteiger partial charge in [0.05, 0.1) is 6.61 Å². The number of ether oxygens (including phenoxy) is 1. The van der Waals surface area contributed by atoms with Crippen molar-refractivity contribution in [1.29, 1.82) is 0 Å². The molecule has 0 amide bonds. The molecule has 1 aliphatic rings. The van der Waals surface area contributed by atoms with E-state index in [1.54, 1.807) is 23.7 Å². The van der Waals surface area contributed by atoms with Crippen molar-refractivity contribution in [3.05, 3.63) is 48.1 Å². The fourth-order valence-corrected chi connectivity index (χ4v) is 3.96. The lowest BCUT2D eigenvalue weighted by atomic mass is 10.2. The van der Waals surface area contributed by atoms with Gasteiger partial charge in [-0.1, -0.05) is 6.07 Å². The van der Waals surface area contributed by atoms with Crippen molar-refractivity contribution in [3.63, 3.8) is 0 Å². The normalized spacial score (nSPS) is 17.0. The largest absolute Gasteiger partial charge is 0.492 e.